The van der Waals surface area contributed by atoms with E-state index in [1.54, 1.807) is 0 Å². The minimum Gasteiger partial charge on any atom is -0.390 e. The van der Waals surface area contributed by atoms with Gasteiger partial charge in [-0.25, -0.2) is 0 Å². The van der Waals surface area contributed by atoms with Crippen molar-refractivity contribution in [3.63, 3.8) is 0 Å². The van der Waals surface area contributed by atoms with Crippen LogP contribution >= 0.6 is 0 Å². The molecule has 1 aromatic carbocycles. The van der Waals surface area contributed by atoms with Gasteiger partial charge in [0, 0.05) is 6.42 Å². The summed E-state index contributed by atoms with van der Waals surface area (Å²) in [6.07, 6.45) is 6.38. The molecule has 1 aromatic rings. The van der Waals surface area contributed by atoms with Gasteiger partial charge in [0.1, 0.15) is 0 Å². The number of hydrogen-bond acceptors (Lipinski definition) is 1. The highest BCUT2D eigenvalue weighted by Gasteiger charge is 2.31. The van der Waals surface area contributed by atoms with Crippen LogP contribution in [0.1, 0.15) is 57.1 Å². The lowest BCUT2D eigenvalue weighted by atomic mass is 9.85. The standard InChI is InChI=1S/C18H28O/c1-14(2)17-8-5-10-18(19,11-9-17)13-16-7-4-6-15(3)12-16/h4,6-7,12,14,17,19H,5,8-11,13H2,1-3H3. The van der Waals surface area contributed by atoms with Gasteiger partial charge in [0.15, 0.2) is 0 Å². The van der Waals surface area contributed by atoms with Gasteiger partial charge in [0.25, 0.3) is 0 Å². The van der Waals surface area contributed by atoms with E-state index in [9.17, 15) is 5.11 Å². The quantitative estimate of drug-likeness (QED) is 0.793. The normalized spacial score (nSPS) is 28.4. The summed E-state index contributed by atoms with van der Waals surface area (Å²) in [5.41, 5.74) is 2.09. The van der Waals surface area contributed by atoms with Gasteiger partial charge in [-0.05, 0) is 43.6 Å². The molecule has 19 heavy (non-hydrogen) atoms. The largest absolute Gasteiger partial charge is 0.390 e. The second-order valence-electron chi connectivity index (χ2n) is 6.83. The Morgan fingerprint density at radius 1 is 1.26 bits per heavy atom. The molecule has 0 heterocycles. The number of aryl methyl sites for hydroxylation is 1. The summed E-state index contributed by atoms with van der Waals surface area (Å²) in [7, 11) is 0. The molecule has 1 aliphatic rings. The minimum absolute atomic E-state index is 0.475. The predicted molar refractivity (Wildman–Crippen MR) is 81.2 cm³/mol. The van der Waals surface area contributed by atoms with Crippen molar-refractivity contribution in [2.45, 2.75) is 64.9 Å². The Hall–Kier alpha value is -0.820. The number of aliphatic hydroxyl groups is 1. The maximum absolute atomic E-state index is 10.9. The first kappa shape index (κ1) is 14.6. The van der Waals surface area contributed by atoms with E-state index in [1.165, 1.54) is 30.4 Å². The molecule has 1 aliphatic carbocycles. The van der Waals surface area contributed by atoms with E-state index >= 15 is 0 Å². The van der Waals surface area contributed by atoms with E-state index in [1.807, 2.05) is 0 Å². The van der Waals surface area contributed by atoms with E-state index in [0.29, 0.717) is 0 Å². The van der Waals surface area contributed by atoms with Crippen LogP contribution in [0.2, 0.25) is 0 Å². The molecule has 1 nitrogen and oxygen atoms in total. The van der Waals surface area contributed by atoms with Crippen LogP contribution in [0.5, 0.6) is 0 Å². The van der Waals surface area contributed by atoms with Crippen molar-refractivity contribution < 1.29 is 5.11 Å². The average molecular weight is 260 g/mol. The highest BCUT2D eigenvalue weighted by atomic mass is 16.3. The monoisotopic (exact) mass is 260 g/mol. The van der Waals surface area contributed by atoms with Crippen LogP contribution in [0.4, 0.5) is 0 Å². The Morgan fingerprint density at radius 2 is 2.05 bits per heavy atom. The molecule has 0 aliphatic heterocycles. The van der Waals surface area contributed by atoms with Gasteiger partial charge < -0.3 is 5.11 Å². The third-order valence-electron chi connectivity index (χ3n) is 4.76. The third-order valence-corrected chi connectivity index (χ3v) is 4.76. The van der Waals surface area contributed by atoms with Crippen molar-refractivity contribution in [1.29, 1.82) is 0 Å². The van der Waals surface area contributed by atoms with Gasteiger partial charge >= 0.3 is 0 Å². The topological polar surface area (TPSA) is 20.2 Å². The van der Waals surface area contributed by atoms with Gasteiger partial charge in [0.05, 0.1) is 5.60 Å². The lowest BCUT2D eigenvalue weighted by Gasteiger charge is -2.27. The zero-order chi connectivity index (χ0) is 13.9. The summed E-state index contributed by atoms with van der Waals surface area (Å²) < 4.78 is 0. The van der Waals surface area contributed by atoms with Crippen molar-refractivity contribution >= 4 is 0 Å². The molecule has 0 saturated heterocycles. The Kier molecular flexibility index (Phi) is 4.67. The van der Waals surface area contributed by atoms with Gasteiger partial charge in [0.2, 0.25) is 0 Å². The SMILES string of the molecule is Cc1cccc(CC2(O)CCCC(C(C)C)CC2)c1. The fourth-order valence-electron chi connectivity index (χ4n) is 3.46. The fourth-order valence-corrected chi connectivity index (χ4v) is 3.46. The van der Waals surface area contributed by atoms with Crippen LogP contribution in [0, 0.1) is 18.8 Å². The first-order chi connectivity index (χ1) is 8.98. The highest BCUT2D eigenvalue weighted by molar-refractivity contribution is 5.23. The first-order valence-electron chi connectivity index (χ1n) is 7.76. The Bertz CT molecular complexity index is 410. The smallest absolute Gasteiger partial charge is 0.0688 e. The van der Waals surface area contributed by atoms with Gasteiger partial charge in [-0.2, -0.15) is 0 Å². The molecule has 0 spiro atoms. The van der Waals surface area contributed by atoms with Gasteiger partial charge in [-0.1, -0.05) is 56.5 Å². The molecular formula is C18H28O. The predicted octanol–water partition coefficient (Wildman–Crippen LogP) is 4.50. The Balaban J connectivity index is 2.02. The number of rotatable bonds is 3. The van der Waals surface area contributed by atoms with Crippen LogP contribution in [-0.2, 0) is 6.42 Å². The molecule has 2 rings (SSSR count). The molecule has 2 unspecified atom stereocenters. The zero-order valence-corrected chi connectivity index (χ0v) is 12.7. The molecule has 1 N–H and O–H groups in total. The van der Waals surface area contributed by atoms with Crippen molar-refractivity contribution in [3.05, 3.63) is 35.4 Å². The van der Waals surface area contributed by atoms with Crippen LogP contribution < -0.4 is 0 Å². The molecule has 1 fully saturated rings. The molecule has 1 saturated carbocycles. The Morgan fingerprint density at radius 3 is 2.74 bits per heavy atom. The van der Waals surface area contributed by atoms with Crippen LogP contribution in [0.15, 0.2) is 24.3 Å². The van der Waals surface area contributed by atoms with Gasteiger partial charge in [-0.15, -0.1) is 0 Å². The second-order valence-corrected chi connectivity index (χ2v) is 6.83. The second kappa shape index (κ2) is 6.09. The van der Waals surface area contributed by atoms with Gasteiger partial charge in [-0.3, -0.25) is 0 Å². The van der Waals surface area contributed by atoms with Crippen LogP contribution in [0.25, 0.3) is 0 Å². The van der Waals surface area contributed by atoms with E-state index in [-0.39, 0.29) is 0 Å². The molecule has 0 amide bonds. The Labute approximate surface area is 118 Å². The van der Waals surface area contributed by atoms with Crippen molar-refractivity contribution in [1.82, 2.24) is 0 Å². The minimum atomic E-state index is -0.475. The molecule has 1 heteroatoms. The lowest BCUT2D eigenvalue weighted by Crippen LogP contribution is -2.30. The summed E-state index contributed by atoms with van der Waals surface area (Å²) in [5.74, 6) is 1.55. The summed E-state index contributed by atoms with van der Waals surface area (Å²) in [6.45, 7) is 6.75. The molecule has 106 valence electrons. The molecule has 0 aromatic heterocycles. The molecule has 0 radical (unpaired) electrons. The van der Waals surface area contributed by atoms with E-state index < -0.39 is 5.60 Å². The molecule has 2 atom stereocenters. The van der Waals surface area contributed by atoms with Crippen LogP contribution in [-0.4, -0.2) is 10.7 Å². The number of hydrogen-bond donors (Lipinski definition) is 1. The van der Waals surface area contributed by atoms with E-state index in [0.717, 1.165) is 31.1 Å². The highest BCUT2D eigenvalue weighted by Crippen LogP contribution is 2.35. The summed E-state index contributed by atoms with van der Waals surface area (Å²) in [6, 6.07) is 8.58. The maximum Gasteiger partial charge on any atom is 0.0688 e. The zero-order valence-electron chi connectivity index (χ0n) is 12.7. The van der Waals surface area contributed by atoms with E-state index in [2.05, 4.69) is 45.0 Å². The number of benzene rings is 1. The summed E-state index contributed by atoms with van der Waals surface area (Å²) in [4.78, 5) is 0. The first-order valence-corrected chi connectivity index (χ1v) is 7.76. The lowest BCUT2D eigenvalue weighted by molar-refractivity contribution is 0.0237. The van der Waals surface area contributed by atoms with Crippen molar-refractivity contribution in [2.24, 2.45) is 11.8 Å². The molecular weight excluding hydrogens is 232 g/mol. The summed E-state index contributed by atoms with van der Waals surface area (Å²) >= 11 is 0. The van der Waals surface area contributed by atoms with Crippen LogP contribution in [0.3, 0.4) is 0 Å². The van der Waals surface area contributed by atoms with Crippen molar-refractivity contribution in [3.8, 4) is 0 Å². The fraction of sp³-hybridized carbons (Fsp3) is 0.667. The molecule has 0 bridgehead atoms. The third kappa shape index (κ3) is 4.07. The summed E-state index contributed by atoms with van der Waals surface area (Å²) in [5, 5.41) is 10.9. The average Bonchev–Trinajstić information content (AvgIpc) is 2.51. The maximum atomic E-state index is 10.9. The van der Waals surface area contributed by atoms with Crippen molar-refractivity contribution in [2.75, 3.05) is 0 Å². The van der Waals surface area contributed by atoms with E-state index in [4.69, 9.17) is 0 Å².